The Balaban J connectivity index is 2.12. The van der Waals surface area contributed by atoms with Crippen molar-refractivity contribution in [3.63, 3.8) is 0 Å². The summed E-state index contributed by atoms with van der Waals surface area (Å²) in [5.41, 5.74) is -0.0730. The van der Waals surface area contributed by atoms with Crippen LogP contribution < -0.4 is 0 Å². The van der Waals surface area contributed by atoms with Crippen molar-refractivity contribution in [2.24, 2.45) is 5.92 Å². The predicted octanol–water partition coefficient (Wildman–Crippen LogP) is 2.26. The van der Waals surface area contributed by atoms with Crippen LogP contribution in [-0.2, 0) is 14.3 Å². The summed E-state index contributed by atoms with van der Waals surface area (Å²) in [4.78, 5) is 10.4. The van der Waals surface area contributed by atoms with Gasteiger partial charge in [0.25, 0.3) is 0 Å². The molecule has 1 aromatic carbocycles. The normalized spacial score (nSPS) is 24.0. The lowest BCUT2D eigenvalue weighted by Crippen LogP contribution is -2.31. The molecule has 0 saturated carbocycles. The van der Waals surface area contributed by atoms with E-state index in [4.69, 9.17) is 9.47 Å². The maximum Gasteiger partial charge on any atom is 0.309 e. The van der Waals surface area contributed by atoms with E-state index in [2.05, 4.69) is 0 Å². The second-order valence-corrected chi connectivity index (χ2v) is 3.80. The zero-order valence-electron chi connectivity index (χ0n) is 8.96. The van der Waals surface area contributed by atoms with Gasteiger partial charge in [-0.15, -0.1) is 0 Å². The topological polar surface area (TPSA) is 35.5 Å². The molecule has 98 valence electrons. The number of hydrogen-bond acceptors (Lipinski definition) is 3. The van der Waals surface area contributed by atoms with Gasteiger partial charge < -0.3 is 9.47 Å². The zero-order valence-corrected chi connectivity index (χ0v) is 8.96. The maximum absolute atomic E-state index is 13.0. The Morgan fingerprint density at radius 1 is 1.11 bits per heavy atom. The van der Waals surface area contributed by atoms with Gasteiger partial charge in [-0.2, -0.15) is 4.39 Å². The highest BCUT2D eigenvalue weighted by atomic mass is 19.2. The Morgan fingerprint density at radius 2 is 1.61 bits per heavy atom. The average molecular weight is 264 g/mol. The molecule has 0 spiro atoms. The lowest BCUT2D eigenvalue weighted by atomic mass is 10.1. The number of carbonyl (C=O) groups is 1. The van der Waals surface area contributed by atoms with Crippen molar-refractivity contribution >= 4 is 6.04 Å². The van der Waals surface area contributed by atoms with Crippen molar-refractivity contribution in [1.82, 2.24) is 0 Å². The van der Waals surface area contributed by atoms with Gasteiger partial charge in [-0.05, 0) is 12.1 Å². The Bertz CT molecular complexity index is 446. The summed E-state index contributed by atoms with van der Waals surface area (Å²) >= 11 is 0. The van der Waals surface area contributed by atoms with E-state index in [-0.39, 0.29) is 18.8 Å². The highest BCUT2D eigenvalue weighted by Gasteiger charge is 2.29. The molecule has 7 heteroatoms. The van der Waals surface area contributed by atoms with E-state index < -0.39 is 35.7 Å². The lowest BCUT2D eigenvalue weighted by Gasteiger charge is -2.27. The Kier molecular flexibility index (Phi) is 3.63. The van der Waals surface area contributed by atoms with Gasteiger partial charge in [-0.1, -0.05) is 0 Å². The van der Waals surface area contributed by atoms with Crippen LogP contribution in [0, 0.1) is 23.4 Å². The van der Waals surface area contributed by atoms with Crippen LogP contribution in [-0.4, -0.2) is 19.3 Å². The van der Waals surface area contributed by atoms with Crippen molar-refractivity contribution in [2.75, 3.05) is 13.2 Å². The van der Waals surface area contributed by atoms with Crippen LogP contribution in [0.3, 0.4) is 0 Å². The molecule has 1 aliphatic rings. The molecule has 0 amide bonds. The maximum atomic E-state index is 13.0. The first-order chi connectivity index (χ1) is 8.49. The largest absolute Gasteiger partial charge is 0.347 e. The smallest absolute Gasteiger partial charge is 0.309 e. The molecule has 18 heavy (non-hydrogen) atoms. The van der Waals surface area contributed by atoms with E-state index in [1.54, 1.807) is 0 Å². The third-order valence-corrected chi connectivity index (χ3v) is 2.50. The molecule has 3 nitrogen and oxygen atoms in total. The number of hydrogen-bond donors (Lipinski definition) is 0. The van der Waals surface area contributed by atoms with Crippen LogP contribution >= 0.6 is 0 Å². The molecule has 0 atom stereocenters. The van der Waals surface area contributed by atoms with E-state index >= 15 is 0 Å². The molecular formula is C11H8F4O3. The van der Waals surface area contributed by atoms with E-state index in [9.17, 15) is 22.4 Å². The first kappa shape index (κ1) is 13.0. The fraction of sp³-hybridized carbons (Fsp3) is 0.364. The highest BCUT2D eigenvalue weighted by Crippen LogP contribution is 2.27. The predicted molar refractivity (Wildman–Crippen MR) is 50.6 cm³/mol. The molecular weight excluding hydrogens is 256 g/mol. The summed E-state index contributed by atoms with van der Waals surface area (Å²) in [6.45, 7) is -0.527. The van der Waals surface area contributed by atoms with Gasteiger partial charge in [-0.25, -0.2) is 13.2 Å². The van der Waals surface area contributed by atoms with Gasteiger partial charge in [0.15, 0.2) is 23.7 Å². The molecule has 0 aliphatic carbocycles. The molecule has 1 heterocycles. The van der Waals surface area contributed by atoms with Gasteiger partial charge in [0.2, 0.25) is 0 Å². The second kappa shape index (κ2) is 5.03. The number of rotatable bonds is 2. The fourth-order valence-corrected chi connectivity index (χ4v) is 1.54. The van der Waals surface area contributed by atoms with E-state index in [0.29, 0.717) is 0 Å². The molecule has 2 rings (SSSR count). The van der Waals surface area contributed by atoms with Crippen LogP contribution in [0.1, 0.15) is 11.9 Å². The summed E-state index contributed by atoms with van der Waals surface area (Å²) in [6.07, 6.45) is -1.15. The van der Waals surface area contributed by atoms with Crippen LogP contribution in [0.4, 0.5) is 17.6 Å². The quantitative estimate of drug-likeness (QED) is 0.467. The minimum Gasteiger partial charge on any atom is -0.347 e. The van der Waals surface area contributed by atoms with Crippen molar-refractivity contribution in [3.8, 4) is 0 Å². The summed E-state index contributed by atoms with van der Waals surface area (Å²) in [5, 5.41) is 0. The number of carbonyl (C=O) groups excluding carboxylic acids is 1. The molecule has 0 bridgehead atoms. The van der Waals surface area contributed by atoms with E-state index in [1.165, 1.54) is 0 Å². The highest BCUT2D eigenvalue weighted by molar-refractivity contribution is 5.71. The van der Waals surface area contributed by atoms with Crippen molar-refractivity contribution < 1.29 is 31.8 Å². The minimum absolute atomic E-state index is 0.0730. The van der Waals surface area contributed by atoms with Crippen LogP contribution in [0.2, 0.25) is 0 Å². The standard InChI is InChI=1S/C11H8F4O3/c12-7-1-5(2-8(13)9(7)14)11-17-3-6(4-18-11)10(15)16/h1-2,6,11H,3-4H2. The average Bonchev–Trinajstić information content (AvgIpc) is 2.35. The third-order valence-electron chi connectivity index (χ3n) is 2.50. The summed E-state index contributed by atoms with van der Waals surface area (Å²) in [7, 11) is 0. The van der Waals surface area contributed by atoms with Gasteiger partial charge >= 0.3 is 6.04 Å². The molecule has 1 aromatic rings. The Labute approximate surface area is 99.3 Å². The first-order valence-corrected chi connectivity index (χ1v) is 5.06. The molecule has 0 unspecified atom stereocenters. The Hall–Kier alpha value is -1.47. The summed E-state index contributed by atoms with van der Waals surface area (Å²) in [6, 6.07) is -0.133. The number of benzene rings is 1. The third kappa shape index (κ3) is 2.51. The van der Waals surface area contributed by atoms with Crippen LogP contribution in [0.25, 0.3) is 0 Å². The second-order valence-electron chi connectivity index (χ2n) is 3.80. The van der Waals surface area contributed by atoms with E-state index in [1.807, 2.05) is 0 Å². The molecule has 0 radical (unpaired) electrons. The van der Waals surface area contributed by atoms with Crippen molar-refractivity contribution in [3.05, 3.63) is 35.1 Å². The monoisotopic (exact) mass is 264 g/mol. The number of ether oxygens (including phenoxy) is 2. The van der Waals surface area contributed by atoms with Crippen molar-refractivity contribution in [1.29, 1.82) is 0 Å². The van der Waals surface area contributed by atoms with Crippen LogP contribution in [0.5, 0.6) is 0 Å². The van der Waals surface area contributed by atoms with Gasteiger partial charge in [-0.3, -0.25) is 4.79 Å². The summed E-state index contributed by atoms with van der Waals surface area (Å²) < 4.78 is 60.9. The molecule has 1 saturated heterocycles. The summed E-state index contributed by atoms with van der Waals surface area (Å²) in [5.74, 6) is -5.38. The molecule has 0 aromatic heterocycles. The minimum atomic E-state index is -1.59. The molecule has 0 N–H and O–H groups in total. The van der Waals surface area contributed by atoms with Crippen molar-refractivity contribution in [2.45, 2.75) is 6.29 Å². The molecule has 1 fully saturated rings. The lowest BCUT2D eigenvalue weighted by molar-refractivity contribution is -0.208. The fourth-order valence-electron chi connectivity index (χ4n) is 1.54. The zero-order chi connectivity index (χ0) is 13.3. The van der Waals surface area contributed by atoms with Gasteiger partial charge in [0, 0.05) is 5.56 Å². The van der Waals surface area contributed by atoms with Crippen LogP contribution in [0.15, 0.2) is 12.1 Å². The Morgan fingerprint density at radius 3 is 2.06 bits per heavy atom. The van der Waals surface area contributed by atoms with Gasteiger partial charge in [0.1, 0.15) is 0 Å². The van der Waals surface area contributed by atoms with Gasteiger partial charge in [0.05, 0.1) is 19.1 Å². The number of halogens is 4. The first-order valence-electron chi connectivity index (χ1n) is 5.06. The SMILES string of the molecule is O=C(F)C1COC(c2cc(F)c(F)c(F)c2)OC1. The molecule has 1 aliphatic heterocycles. The van der Waals surface area contributed by atoms with E-state index in [0.717, 1.165) is 12.1 Å².